The molecule has 3 aromatic rings. The first kappa shape index (κ1) is 26.2. The van der Waals surface area contributed by atoms with Crippen LogP contribution in [0, 0.1) is 0 Å². The molecule has 3 heterocycles. The number of anilines is 1. The Hall–Kier alpha value is -3.43. The van der Waals surface area contributed by atoms with E-state index >= 15 is 0 Å². The molecule has 0 aliphatic carbocycles. The molecule has 0 bridgehead atoms. The lowest BCUT2D eigenvalue weighted by Crippen LogP contribution is -2.44. The lowest BCUT2D eigenvalue weighted by Gasteiger charge is -2.33. The van der Waals surface area contributed by atoms with Gasteiger partial charge in [0.2, 0.25) is 5.91 Å². The fourth-order valence-electron chi connectivity index (χ4n) is 4.93. The minimum Gasteiger partial charge on any atom is -0.494 e. The van der Waals surface area contributed by atoms with E-state index in [9.17, 15) is 4.79 Å². The van der Waals surface area contributed by atoms with E-state index in [1.807, 2.05) is 49.4 Å². The van der Waals surface area contributed by atoms with Crippen molar-refractivity contribution in [1.29, 1.82) is 0 Å². The summed E-state index contributed by atoms with van der Waals surface area (Å²) in [6.07, 6.45) is 2.21. The van der Waals surface area contributed by atoms with Gasteiger partial charge in [-0.3, -0.25) is 9.69 Å². The number of morpholine rings is 1. The van der Waals surface area contributed by atoms with E-state index in [1.54, 1.807) is 0 Å². The summed E-state index contributed by atoms with van der Waals surface area (Å²) < 4.78 is 17.4. The van der Waals surface area contributed by atoms with Crippen molar-refractivity contribution in [2.45, 2.75) is 45.2 Å². The number of hydrogen-bond acceptors (Lipinski definition) is 8. The minimum atomic E-state index is 0.0891. The largest absolute Gasteiger partial charge is 0.494 e. The van der Waals surface area contributed by atoms with Crippen molar-refractivity contribution >= 4 is 22.6 Å². The standard InChI is InChI=1S/C29H37N5O4/c1-3-37-24-9-10-26-25(17-24)29(31-22-8-11-27(35)30-18-22)33-28(32-26)21-6-4-7-23(16-21)38-14-5-12-34-13-15-36-19-20(34)2/h4,6-7,9-10,16-17,20,22H,3,5,8,11-15,18-19H2,1-2H3,(H,30,35)(H,31,32,33). The molecule has 1 amide bonds. The van der Waals surface area contributed by atoms with Crippen LogP contribution in [0.1, 0.15) is 33.1 Å². The Labute approximate surface area is 223 Å². The van der Waals surface area contributed by atoms with E-state index in [4.69, 9.17) is 24.2 Å². The quantitative estimate of drug-likeness (QED) is 0.390. The first-order valence-electron chi connectivity index (χ1n) is 13.6. The fraction of sp³-hybridized carbons (Fsp3) is 0.483. The Morgan fingerprint density at radius 3 is 2.87 bits per heavy atom. The maximum absolute atomic E-state index is 11.6. The third-order valence-corrected chi connectivity index (χ3v) is 7.04. The van der Waals surface area contributed by atoms with Gasteiger partial charge in [-0.05, 0) is 57.0 Å². The van der Waals surface area contributed by atoms with Gasteiger partial charge in [-0.2, -0.15) is 0 Å². The van der Waals surface area contributed by atoms with Gasteiger partial charge in [0.25, 0.3) is 0 Å². The van der Waals surface area contributed by atoms with E-state index in [0.717, 1.165) is 72.9 Å². The Balaban J connectivity index is 1.33. The zero-order chi connectivity index (χ0) is 26.3. The maximum Gasteiger partial charge on any atom is 0.220 e. The summed E-state index contributed by atoms with van der Waals surface area (Å²) in [4.78, 5) is 23.9. The maximum atomic E-state index is 11.6. The lowest BCUT2D eigenvalue weighted by molar-refractivity contribution is -0.122. The number of aromatic nitrogens is 2. The molecule has 38 heavy (non-hydrogen) atoms. The number of ether oxygens (including phenoxy) is 3. The first-order valence-corrected chi connectivity index (χ1v) is 13.6. The number of nitrogens with zero attached hydrogens (tertiary/aromatic N) is 3. The van der Waals surface area contributed by atoms with Gasteiger partial charge in [0, 0.05) is 49.1 Å². The van der Waals surface area contributed by atoms with Crippen LogP contribution in [0.4, 0.5) is 5.82 Å². The summed E-state index contributed by atoms with van der Waals surface area (Å²) in [6, 6.07) is 14.4. The third kappa shape index (κ3) is 6.52. The van der Waals surface area contributed by atoms with Crippen molar-refractivity contribution in [3.8, 4) is 22.9 Å². The average Bonchev–Trinajstić information content (AvgIpc) is 2.94. The van der Waals surface area contributed by atoms with Crippen molar-refractivity contribution in [1.82, 2.24) is 20.2 Å². The molecule has 9 heteroatoms. The summed E-state index contributed by atoms with van der Waals surface area (Å²) >= 11 is 0. The zero-order valence-corrected chi connectivity index (χ0v) is 22.2. The van der Waals surface area contributed by atoms with Crippen LogP contribution in [0.2, 0.25) is 0 Å². The number of benzene rings is 2. The highest BCUT2D eigenvalue weighted by molar-refractivity contribution is 5.92. The molecule has 2 N–H and O–H groups in total. The van der Waals surface area contributed by atoms with Crippen LogP contribution >= 0.6 is 0 Å². The van der Waals surface area contributed by atoms with Gasteiger partial charge in [-0.1, -0.05) is 12.1 Å². The molecule has 5 rings (SSSR count). The molecule has 2 fully saturated rings. The number of rotatable bonds is 10. The van der Waals surface area contributed by atoms with E-state index < -0.39 is 0 Å². The number of amides is 1. The van der Waals surface area contributed by atoms with Crippen molar-refractivity contribution in [2.24, 2.45) is 0 Å². The number of nitrogens with one attached hydrogen (secondary N) is 2. The summed E-state index contributed by atoms with van der Waals surface area (Å²) in [6.45, 7) is 9.55. The van der Waals surface area contributed by atoms with Crippen LogP contribution in [0.15, 0.2) is 42.5 Å². The number of carbonyl (C=O) groups excluding carboxylic acids is 1. The molecule has 0 radical (unpaired) electrons. The highest BCUT2D eigenvalue weighted by Crippen LogP contribution is 2.30. The topological polar surface area (TPSA) is 97.8 Å². The van der Waals surface area contributed by atoms with Crippen molar-refractivity contribution in [3.63, 3.8) is 0 Å². The molecule has 2 aliphatic heterocycles. The molecule has 2 aromatic carbocycles. The number of hydrogen-bond donors (Lipinski definition) is 2. The molecule has 2 atom stereocenters. The number of fused-ring (bicyclic) bond motifs is 1. The number of carbonyl (C=O) groups is 1. The van der Waals surface area contributed by atoms with Crippen LogP contribution < -0.4 is 20.1 Å². The van der Waals surface area contributed by atoms with Crippen LogP contribution in [0.5, 0.6) is 11.5 Å². The molecular weight excluding hydrogens is 482 g/mol. The summed E-state index contributed by atoms with van der Waals surface area (Å²) in [5, 5.41) is 7.38. The van der Waals surface area contributed by atoms with Gasteiger partial charge in [-0.15, -0.1) is 0 Å². The van der Waals surface area contributed by atoms with Crippen molar-refractivity contribution in [2.75, 3.05) is 51.4 Å². The molecule has 2 saturated heterocycles. The molecule has 1 aromatic heterocycles. The lowest BCUT2D eigenvalue weighted by atomic mass is 10.1. The normalized spacial score (nSPS) is 20.2. The Morgan fingerprint density at radius 1 is 1.16 bits per heavy atom. The Morgan fingerprint density at radius 2 is 2.05 bits per heavy atom. The van der Waals surface area contributed by atoms with Crippen LogP contribution in [-0.4, -0.2) is 78.9 Å². The van der Waals surface area contributed by atoms with Crippen LogP contribution in [-0.2, 0) is 9.53 Å². The predicted octanol–water partition coefficient (Wildman–Crippen LogP) is 3.88. The van der Waals surface area contributed by atoms with E-state index in [0.29, 0.717) is 38.0 Å². The Bertz CT molecular complexity index is 1240. The van der Waals surface area contributed by atoms with E-state index in [1.165, 1.54) is 0 Å². The van der Waals surface area contributed by atoms with E-state index in [2.05, 4.69) is 22.5 Å². The molecule has 2 aliphatic rings. The average molecular weight is 520 g/mol. The second kappa shape index (κ2) is 12.4. The van der Waals surface area contributed by atoms with Gasteiger partial charge in [-0.25, -0.2) is 9.97 Å². The minimum absolute atomic E-state index is 0.0891. The summed E-state index contributed by atoms with van der Waals surface area (Å²) in [5.41, 5.74) is 1.71. The van der Waals surface area contributed by atoms with Gasteiger partial charge in [0.05, 0.1) is 31.9 Å². The van der Waals surface area contributed by atoms with Crippen molar-refractivity contribution < 1.29 is 19.0 Å². The van der Waals surface area contributed by atoms with Crippen LogP contribution in [0.25, 0.3) is 22.3 Å². The molecular formula is C29H37N5O4. The zero-order valence-electron chi connectivity index (χ0n) is 22.2. The summed E-state index contributed by atoms with van der Waals surface area (Å²) in [5.74, 6) is 3.03. The molecule has 0 saturated carbocycles. The fourth-order valence-corrected chi connectivity index (χ4v) is 4.93. The van der Waals surface area contributed by atoms with E-state index in [-0.39, 0.29) is 11.9 Å². The molecule has 9 nitrogen and oxygen atoms in total. The first-order chi connectivity index (χ1) is 18.6. The monoisotopic (exact) mass is 519 g/mol. The van der Waals surface area contributed by atoms with Gasteiger partial charge < -0.3 is 24.8 Å². The van der Waals surface area contributed by atoms with Crippen molar-refractivity contribution in [3.05, 3.63) is 42.5 Å². The smallest absolute Gasteiger partial charge is 0.220 e. The highest BCUT2D eigenvalue weighted by atomic mass is 16.5. The second-order valence-electron chi connectivity index (χ2n) is 9.88. The second-order valence-corrected chi connectivity index (χ2v) is 9.88. The van der Waals surface area contributed by atoms with Gasteiger partial charge >= 0.3 is 0 Å². The van der Waals surface area contributed by atoms with Crippen LogP contribution in [0.3, 0.4) is 0 Å². The van der Waals surface area contributed by atoms with Gasteiger partial charge in [0.1, 0.15) is 17.3 Å². The highest BCUT2D eigenvalue weighted by Gasteiger charge is 2.21. The van der Waals surface area contributed by atoms with Gasteiger partial charge in [0.15, 0.2) is 5.82 Å². The number of piperidine rings is 1. The molecule has 2 unspecified atom stereocenters. The molecule has 0 spiro atoms. The third-order valence-electron chi connectivity index (χ3n) is 7.04. The predicted molar refractivity (Wildman–Crippen MR) is 148 cm³/mol. The SMILES string of the molecule is CCOc1ccc2nc(-c3cccc(OCCCN4CCOCC4C)c3)nc(NC3CCC(=O)NC3)c2c1. The molecule has 202 valence electrons. The summed E-state index contributed by atoms with van der Waals surface area (Å²) in [7, 11) is 0. The Kier molecular flexibility index (Phi) is 8.55.